The van der Waals surface area contributed by atoms with Crippen LogP contribution in [0.2, 0.25) is 5.02 Å². The van der Waals surface area contributed by atoms with Crippen LogP contribution in [0, 0.1) is 5.82 Å². The summed E-state index contributed by atoms with van der Waals surface area (Å²) in [6.07, 6.45) is 0. The fraction of sp³-hybridized carbons (Fsp3) is 0.200. The maximum Gasteiger partial charge on any atom is 0.124 e. The molecule has 2 aromatic carbocycles. The molecule has 0 unspecified atom stereocenters. The van der Waals surface area contributed by atoms with E-state index in [2.05, 4.69) is 5.32 Å². The van der Waals surface area contributed by atoms with Gasteiger partial charge in [0.15, 0.2) is 0 Å². The van der Waals surface area contributed by atoms with Crippen molar-refractivity contribution in [2.24, 2.45) is 0 Å². The fourth-order valence-electron chi connectivity index (χ4n) is 1.66. The van der Waals surface area contributed by atoms with Gasteiger partial charge in [-0.1, -0.05) is 11.6 Å². The second-order valence-electron chi connectivity index (χ2n) is 4.07. The summed E-state index contributed by atoms with van der Waals surface area (Å²) in [5.74, 6) is 1.20. The Morgan fingerprint density at radius 2 is 1.80 bits per heavy atom. The van der Waals surface area contributed by atoms with Gasteiger partial charge in [-0.25, -0.2) is 4.39 Å². The van der Waals surface area contributed by atoms with E-state index in [1.165, 1.54) is 12.1 Å². The van der Waals surface area contributed by atoms with Crippen LogP contribution in [0.3, 0.4) is 0 Å². The molecule has 0 saturated heterocycles. The molecule has 0 spiro atoms. The zero-order chi connectivity index (χ0) is 14.4. The molecule has 0 aliphatic heterocycles. The van der Waals surface area contributed by atoms with Gasteiger partial charge in [0.25, 0.3) is 0 Å². The van der Waals surface area contributed by atoms with E-state index in [1.807, 2.05) is 24.3 Å². The molecule has 106 valence electrons. The fourth-order valence-corrected chi connectivity index (χ4v) is 1.89. The summed E-state index contributed by atoms with van der Waals surface area (Å²) < 4.78 is 23.5. The van der Waals surface area contributed by atoms with Crippen molar-refractivity contribution in [3.05, 3.63) is 53.3 Å². The highest BCUT2D eigenvalue weighted by molar-refractivity contribution is 6.33. The van der Waals surface area contributed by atoms with Crippen LogP contribution in [-0.2, 0) is 0 Å². The van der Waals surface area contributed by atoms with Crippen LogP contribution >= 0.6 is 11.6 Å². The van der Waals surface area contributed by atoms with Crippen LogP contribution in [0.4, 0.5) is 10.1 Å². The van der Waals surface area contributed by atoms with Crippen molar-refractivity contribution < 1.29 is 13.9 Å². The van der Waals surface area contributed by atoms with Crippen molar-refractivity contribution >= 4 is 17.3 Å². The van der Waals surface area contributed by atoms with Crippen LogP contribution < -0.4 is 14.8 Å². The van der Waals surface area contributed by atoms with Gasteiger partial charge in [-0.05, 0) is 42.5 Å². The van der Waals surface area contributed by atoms with Crippen LogP contribution in [0.5, 0.6) is 11.5 Å². The molecule has 0 radical (unpaired) electrons. The molecule has 0 saturated carbocycles. The molecule has 0 aromatic heterocycles. The summed E-state index contributed by atoms with van der Waals surface area (Å²) in [6.45, 7) is 1.04. The lowest BCUT2D eigenvalue weighted by atomic mass is 10.3. The molecule has 2 rings (SSSR count). The van der Waals surface area contributed by atoms with Gasteiger partial charge in [0.2, 0.25) is 0 Å². The number of nitrogens with one attached hydrogen (secondary N) is 1. The lowest BCUT2D eigenvalue weighted by molar-refractivity contribution is 0.332. The highest BCUT2D eigenvalue weighted by Crippen LogP contribution is 2.22. The smallest absolute Gasteiger partial charge is 0.124 e. The normalized spacial score (nSPS) is 10.2. The molecular weight excluding hydrogens is 281 g/mol. The quantitative estimate of drug-likeness (QED) is 0.818. The van der Waals surface area contributed by atoms with E-state index in [4.69, 9.17) is 21.1 Å². The van der Waals surface area contributed by atoms with Crippen molar-refractivity contribution in [1.82, 2.24) is 0 Å². The predicted molar refractivity (Wildman–Crippen MR) is 78.4 cm³/mol. The van der Waals surface area contributed by atoms with Crippen molar-refractivity contribution in [3.8, 4) is 11.5 Å². The Morgan fingerprint density at radius 3 is 2.45 bits per heavy atom. The molecule has 1 N–H and O–H groups in total. The highest BCUT2D eigenvalue weighted by atomic mass is 35.5. The molecular formula is C15H15ClFNO2. The maximum absolute atomic E-state index is 12.9. The molecule has 5 heteroatoms. The Labute approximate surface area is 122 Å². The number of methoxy groups -OCH3 is 1. The van der Waals surface area contributed by atoms with Crippen LogP contribution in [-0.4, -0.2) is 20.3 Å². The number of anilines is 1. The first kappa shape index (κ1) is 14.5. The summed E-state index contributed by atoms with van der Waals surface area (Å²) >= 11 is 5.90. The first-order valence-electron chi connectivity index (χ1n) is 6.15. The van der Waals surface area contributed by atoms with E-state index in [0.717, 1.165) is 11.5 Å². The molecule has 2 aromatic rings. The predicted octanol–water partition coefficient (Wildman–Crippen LogP) is 3.98. The lowest BCUT2D eigenvalue weighted by Gasteiger charge is -2.10. The minimum atomic E-state index is -0.352. The van der Waals surface area contributed by atoms with Crippen molar-refractivity contribution in [2.75, 3.05) is 25.6 Å². The van der Waals surface area contributed by atoms with Gasteiger partial charge in [0.1, 0.15) is 23.9 Å². The Hall–Kier alpha value is -1.94. The van der Waals surface area contributed by atoms with Crippen molar-refractivity contribution in [2.45, 2.75) is 0 Å². The number of benzene rings is 2. The number of rotatable bonds is 6. The summed E-state index contributed by atoms with van der Waals surface area (Å²) in [4.78, 5) is 0. The first-order valence-corrected chi connectivity index (χ1v) is 6.52. The summed E-state index contributed by atoms with van der Waals surface area (Å²) in [5, 5.41) is 3.44. The minimum absolute atomic E-state index is 0.352. The van der Waals surface area contributed by atoms with Gasteiger partial charge in [-0.2, -0.15) is 0 Å². The molecule has 3 nitrogen and oxygen atoms in total. The van der Waals surface area contributed by atoms with Crippen LogP contribution in [0.15, 0.2) is 42.5 Å². The average molecular weight is 296 g/mol. The third-order valence-electron chi connectivity index (χ3n) is 2.68. The number of hydrogen-bond acceptors (Lipinski definition) is 3. The van der Waals surface area contributed by atoms with Gasteiger partial charge in [-0.3, -0.25) is 0 Å². The van der Waals surface area contributed by atoms with Crippen LogP contribution in [0.25, 0.3) is 0 Å². The third-order valence-corrected chi connectivity index (χ3v) is 2.99. The van der Waals surface area contributed by atoms with E-state index in [-0.39, 0.29) is 5.82 Å². The lowest BCUT2D eigenvalue weighted by Crippen LogP contribution is -2.11. The SMILES string of the molecule is COc1ccc(OCCNc2ccc(F)cc2Cl)cc1. The van der Waals surface area contributed by atoms with Gasteiger partial charge in [-0.15, -0.1) is 0 Å². The largest absolute Gasteiger partial charge is 0.497 e. The Kier molecular flexibility index (Phi) is 5.07. The van der Waals surface area contributed by atoms with E-state index in [9.17, 15) is 4.39 Å². The molecule has 0 aliphatic carbocycles. The summed E-state index contributed by atoms with van der Waals surface area (Å²) in [5.41, 5.74) is 0.686. The summed E-state index contributed by atoms with van der Waals surface area (Å²) in [6, 6.07) is 11.6. The standard InChI is InChI=1S/C15H15ClFNO2/c1-19-12-3-5-13(6-4-12)20-9-8-18-15-7-2-11(17)10-14(15)16/h2-7,10,18H,8-9H2,1H3. The first-order chi connectivity index (χ1) is 9.69. The molecule has 0 bridgehead atoms. The second kappa shape index (κ2) is 7.01. The van der Waals surface area contributed by atoms with Crippen molar-refractivity contribution in [3.63, 3.8) is 0 Å². The molecule has 20 heavy (non-hydrogen) atoms. The van der Waals surface area contributed by atoms with Gasteiger partial charge < -0.3 is 14.8 Å². The molecule has 0 aliphatic rings. The highest BCUT2D eigenvalue weighted by Gasteiger charge is 2.01. The van der Waals surface area contributed by atoms with Crippen molar-refractivity contribution in [1.29, 1.82) is 0 Å². The topological polar surface area (TPSA) is 30.5 Å². The van der Waals surface area contributed by atoms with Gasteiger partial charge in [0.05, 0.1) is 17.8 Å². The molecule has 0 fully saturated rings. The minimum Gasteiger partial charge on any atom is -0.497 e. The zero-order valence-electron chi connectivity index (χ0n) is 11.0. The number of hydrogen-bond donors (Lipinski definition) is 1. The van der Waals surface area contributed by atoms with E-state index >= 15 is 0 Å². The maximum atomic E-state index is 12.9. The van der Waals surface area contributed by atoms with E-state index in [0.29, 0.717) is 23.9 Å². The monoisotopic (exact) mass is 295 g/mol. The Balaban J connectivity index is 1.78. The number of halogens is 2. The van der Waals surface area contributed by atoms with E-state index in [1.54, 1.807) is 13.2 Å². The van der Waals surface area contributed by atoms with Gasteiger partial charge >= 0.3 is 0 Å². The van der Waals surface area contributed by atoms with Gasteiger partial charge in [0, 0.05) is 6.54 Å². The summed E-state index contributed by atoms with van der Waals surface area (Å²) in [7, 11) is 1.62. The van der Waals surface area contributed by atoms with Crippen LogP contribution in [0.1, 0.15) is 0 Å². The molecule has 0 atom stereocenters. The molecule has 0 amide bonds. The Bertz CT molecular complexity index is 560. The Morgan fingerprint density at radius 1 is 1.10 bits per heavy atom. The van der Waals surface area contributed by atoms with E-state index < -0.39 is 0 Å². The third kappa shape index (κ3) is 4.03. The molecule has 0 heterocycles. The number of ether oxygens (including phenoxy) is 2. The second-order valence-corrected chi connectivity index (χ2v) is 4.48. The zero-order valence-corrected chi connectivity index (χ0v) is 11.8. The average Bonchev–Trinajstić information content (AvgIpc) is 2.46.